The van der Waals surface area contributed by atoms with E-state index in [1.54, 1.807) is 20.8 Å². The van der Waals surface area contributed by atoms with Crippen molar-refractivity contribution in [1.29, 1.82) is 0 Å². The number of rotatable bonds is 5. The van der Waals surface area contributed by atoms with Gasteiger partial charge in [0.2, 0.25) is 0 Å². The molecule has 0 aliphatic carbocycles. The molecule has 1 heterocycles. The first-order chi connectivity index (χ1) is 17.7. The number of phenols is 1. The second kappa shape index (κ2) is 11.9. The lowest BCUT2D eigenvalue weighted by Crippen LogP contribution is -2.51. The maximum Gasteiger partial charge on any atom is 0.410 e. The number of halogens is 2. The molecule has 2 aromatic rings. The Morgan fingerprint density at radius 1 is 1.16 bits per heavy atom. The van der Waals surface area contributed by atoms with Crippen LogP contribution in [0.2, 0.25) is 10.0 Å². The minimum absolute atomic E-state index is 0.0218. The quantitative estimate of drug-likeness (QED) is 0.292. The second-order valence-electron chi connectivity index (χ2n) is 9.68. The molecule has 38 heavy (non-hydrogen) atoms. The number of nitro groups is 1. The Kier molecular flexibility index (Phi) is 9.05. The maximum absolute atomic E-state index is 13.1. The Morgan fingerprint density at radius 2 is 1.82 bits per heavy atom. The number of benzene rings is 2. The number of nitro benzene ring substituents is 1. The molecule has 2 unspecified atom stereocenters. The van der Waals surface area contributed by atoms with Crippen molar-refractivity contribution in [2.24, 2.45) is 0 Å². The molecule has 2 atom stereocenters. The van der Waals surface area contributed by atoms with Crippen LogP contribution in [-0.4, -0.2) is 63.7 Å². The number of phenolic OH excluding ortho intramolecular Hbond substituents is 1. The number of nitrogens with zero attached hydrogens (tertiary/aromatic N) is 2. The fraction of sp³-hybridized carbons (Fsp3) is 0.400. The molecule has 0 bridgehead atoms. The van der Waals surface area contributed by atoms with Crippen molar-refractivity contribution in [3.05, 3.63) is 67.7 Å². The third kappa shape index (κ3) is 7.48. The first kappa shape index (κ1) is 29.0. The number of hydrogen-bond acceptors (Lipinski definition) is 8. The average molecular weight is 568 g/mol. The van der Waals surface area contributed by atoms with Crippen molar-refractivity contribution in [3.8, 4) is 5.75 Å². The molecule has 1 saturated heterocycles. The first-order valence-corrected chi connectivity index (χ1v) is 12.4. The molecule has 1 aliphatic rings. The summed E-state index contributed by atoms with van der Waals surface area (Å²) < 4.78 is 11.2. The number of nitrogens with one attached hydrogen (secondary N) is 1. The number of hydrogen-bond donors (Lipinski definition) is 2. The van der Waals surface area contributed by atoms with E-state index in [1.165, 1.54) is 29.2 Å². The highest BCUT2D eigenvalue weighted by molar-refractivity contribution is 6.37. The smallest absolute Gasteiger partial charge is 0.410 e. The van der Waals surface area contributed by atoms with Gasteiger partial charge >= 0.3 is 12.1 Å². The monoisotopic (exact) mass is 567 g/mol. The second-order valence-corrected chi connectivity index (χ2v) is 10.5. The summed E-state index contributed by atoms with van der Waals surface area (Å²) in [5.41, 5.74) is -1.38. The zero-order valence-electron chi connectivity index (χ0n) is 20.9. The van der Waals surface area contributed by atoms with Gasteiger partial charge in [-0.1, -0.05) is 23.2 Å². The van der Waals surface area contributed by atoms with Crippen LogP contribution in [0.5, 0.6) is 5.75 Å². The van der Waals surface area contributed by atoms with Crippen molar-refractivity contribution in [2.75, 3.05) is 13.1 Å². The molecule has 3 rings (SSSR count). The van der Waals surface area contributed by atoms with Crippen LogP contribution in [0.4, 0.5) is 10.5 Å². The molecule has 204 valence electrons. The van der Waals surface area contributed by atoms with E-state index in [0.29, 0.717) is 6.42 Å². The van der Waals surface area contributed by atoms with Crippen molar-refractivity contribution >= 4 is 46.9 Å². The van der Waals surface area contributed by atoms with E-state index in [2.05, 4.69) is 5.32 Å². The first-order valence-electron chi connectivity index (χ1n) is 11.7. The largest absolute Gasteiger partial charge is 0.508 e. The van der Waals surface area contributed by atoms with Gasteiger partial charge in [-0.25, -0.2) is 9.59 Å². The van der Waals surface area contributed by atoms with Crippen LogP contribution in [-0.2, 0) is 9.47 Å². The molecule has 0 saturated carbocycles. The van der Waals surface area contributed by atoms with Gasteiger partial charge in [0, 0.05) is 29.7 Å². The predicted molar refractivity (Wildman–Crippen MR) is 139 cm³/mol. The minimum Gasteiger partial charge on any atom is -0.508 e. The Balaban J connectivity index is 1.89. The van der Waals surface area contributed by atoms with E-state index in [-0.39, 0.29) is 41.4 Å². The number of amides is 2. The standard InChI is InChI=1S/C25H27Cl2N3O8/c1-25(2,3)38-24(34)29-10-4-5-20(18(13-29)28-22(32)14-6-8-16(31)9-7-14)37-23(33)17-11-15(26)12-19(21(17)27)30(35)36/h6-9,11-12,18,20,31H,4-5,10,13H2,1-3H3,(H,28,32). The molecule has 1 aliphatic heterocycles. The Bertz CT molecular complexity index is 1230. The highest BCUT2D eigenvalue weighted by Crippen LogP contribution is 2.33. The van der Waals surface area contributed by atoms with Crippen LogP contribution < -0.4 is 5.32 Å². The fourth-order valence-corrected chi connectivity index (χ4v) is 4.29. The predicted octanol–water partition coefficient (Wildman–Crippen LogP) is 4.96. The van der Waals surface area contributed by atoms with E-state index in [0.717, 1.165) is 12.1 Å². The highest BCUT2D eigenvalue weighted by atomic mass is 35.5. The molecule has 13 heteroatoms. The van der Waals surface area contributed by atoms with Crippen LogP contribution in [0.3, 0.4) is 0 Å². The molecular weight excluding hydrogens is 541 g/mol. The summed E-state index contributed by atoms with van der Waals surface area (Å²) in [6.07, 6.45) is -0.857. The van der Waals surface area contributed by atoms with Crippen LogP contribution in [0, 0.1) is 10.1 Å². The maximum atomic E-state index is 13.1. The number of likely N-dealkylation sites (tertiary alicyclic amines) is 1. The summed E-state index contributed by atoms with van der Waals surface area (Å²) >= 11 is 12.1. The number of ether oxygens (including phenoxy) is 2. The minimum atomic E-state index is -0.972. The summed E-state index contributed by atoms with van der Waals surface area (Å²) in [5, 5.41) is 23.1. The summed E-state index contributed by atoms with van der Waals surface area (Å²) in [7, 11) is 0. The van der Waals surface area contributed by atoms with Gasteiger partial charge in [-0.15, -0.1) is 0 Å². The van der Waals surface area contributed by atoms with E-state index >= 15 is 0 Å². The van der Waals surface area contributed by atoms with Gasteiger partial charge in [0.25, 0.3) is 11.6 Å². The van der Waals surface area contributed by atoms with Gasteiger partial charge in [0.1, 0.15) is 22.5 Å². The van der Waals surface area contributed by atoms with E-state index in [1.807, 2.05) is 0 Å². The highest BCUT2D eigenvalue weighted by Gasteiger charge is 2.36. The Hall–Kier alpha value is -3.57. The molecule has 2 amide bonds. The normalized spacial score (nSPS) is 17.8. The van der Waals surface area contributed by atoms with Crippen molar-refractivity contribution in [3.63, 3.8) is 0 Å². The zero-order valence-corrected chi connectivity index (χ0v) is 22.4. The van der Waals surface area contributed by atoms with Crippen molar-refractivity contribution < 1.29 is 33.9 Å². The molecule has 0 spiro atoms. The summed E-state index contributed by atoms with van der Waals surface area (Å²) in [5.74, 6) is -1.52. The van der Waals surface area contributed by atoms with Crippen molar-refractivity contribution in [1.82, 2.24) is 10.2 Å². The summed E-state index contributed by atoms with van der Waals surface area (Å²) in [6.45, 7) is 5.42. The lowest BCUT2D eigenvalue weighted by Gasteiger charge is -2.30. The number of carbonyl (C=O) groups is 3. The molecule has 1 fully saturated rings. The molecule has 0 aromatic heterocycles. The van der Waals surface area contributed by atoms with Crippen LogP contribution in [0.15, 0.2) is 36.4 Å². The van der Waals surface area contributed by atoms with Gasteiger partial charge in [-0.2, -0.15) is 0 Å². The third-order valence-corrected chi connectivity index (χ3v) is 6.19. The molecule has 2 N–H and O–H groups in total. The fourth-order valence-electron chi connectivity index (χ4n) is 3.82. The van der Waals surface area contributed by atoms with Crippen molar-refractivity contribution in [2.45, 2.75) is 51.4 Å². The Labute approximate surface area is 228 Å². The molecule has 2 aromatic carbocycles. The van der Waals surface area contributed by atoms with Crippen LogP contribution >= 0.6 is 23.2 Å². The van der Waals surface area contributed by atoms with E-state index in [9.17, 15) is 29.6 Å². The molecule has 11 nitrogen and oxygen atoms in total. The zero-order chi connectivity index (χ0) is 28.2. The number of carbonyl (C=O) groups excluding carboxylic acids is 3. The van der Waals surface area contributed by atoms with Crippen LogP contribution in [0.1, 0.15) is 54.3 Å². The SMILES string of the molecule is CC(C)(C)OC(=O)N1CCCC(OC(=O)c2cc(Cl)cc([N+](=O)[O-])c2Cl)C(NC(=O)c2ccc(O)cc2)C1. The van der Waals surface area contributed by atoms with Gasteiger partial charge in [-0.3, -0.25) is 14.9 Å². The topological polar surface area (TPSA) is 148 Å². The number of aromatic hydroxyl groups is 1. The van der Waals surface area contributed by atoms with E-state index in [4.69, 9.17) is 32.7 Å². The lowest BCUT2D eigenvalue weighted by atomic mass is 10.1. The summed E-state index contributed by atoms with van der Waals surface area (Å²) in [6, 6.07) is 6.83. The van der Waals surface area contributed by atoms with Gasteiger partial charge in [0.15, 0.2) is 0 Å². The number of esters is 1. The lowest BCUT2D eigenvalue weighted by molar-refractivity contribution is -0.384. The summed E-state index contributed by atoms with van der Waals surface area (Å²) in [4.78, 5) is 50.8. The third-order valence-electron chi connectivity index (χ3n) is 5.57. The van der Waals surface area contributed by atoms with E-state index < -0.39 is 51.3 Å². The van der Waals surface area contributed by atoms with Gasteiger partial charge < -0.3 is 24.8 Å². The molecule has 0 radical (unpaired) electrons. The van der Waals surface area contributed by atoms with Gasteiger partial charge in [-0.05, 0) is 63.9 Å². The Morgan fingerprint density at radius 3 is 2.42 bits per heavy atom. The van der Waals surface area contributed by atoms with Crippen LogP contribution in [0.25, 0.3) is 0 Å². The average Bonchev–Trinajstić information content (AvgIpc) is 3.01. The molecular formula is C25H27Cl2N3O8. The van der Waals surface area contributed by atoms with Gasteiger partial charge in [0.05, 0.1) is 16.5 Å².